The summed E-state index contributed by atoms with van der Waals surface area (Å²) in [5.41, 5.74) is 0. The summed E-state index contributed by atoms with van der Waals surface area (Å²) in [5.74, 6) is 6.24. The van der Waals surface area contributed by atoms with Gasteiger partial charge in [-0.25, -0.2) is 0 Å². The summed E-state index contributed by atoms with van der Waals surface area (Å²) in [5, 5.41) is 34.3. The number of rotatable bonds is 12. The van der Waals surface area contributed by atoms with Crippen molar-refractivity contribution in [1.82, 2.24) is 62.1 Å². The van der Waals surface area contributed by atoms with E-state index in [1.165, 1.54) is 232 Å². The highest BCUT2D eigenvalue weighted by molar-refractivity contribution is 5.16. The fraction of sp³-hybridized carbons (Fsp3) is 1.00. The average molecular weight is 972 g/mol. The molecule has 4 aliphatic carbocycles. The van der Waals surface area contributed by atoms with Crippen LogP contribution in [0, 0.1) is 47.3 Å². The first-order valence-corrected chi connectivity index (χ1v) is 31.6. The Morgan fingerprint density at radius 2 is 0.500 bits per heavy atom. The zero-order valence-corrected chi connectivity index (χ0v) is 44.8. The van der Waals surface area contributed by atoms with Crippen LogP contribution in [-0.2, 0) is 0 Å². The van der Waals surface area contributed by atoms with Gasteiger partial charge in [-0.2, -0.15) is 0 Å². The van der Waals surface area contributed by atoms with E-state index in [9.17, 15) is 0 Å². The van der Waals surface area contributed by atoms with Crippen molar-refractivity contribution in [2.75, 3.05) is 52.4 Å². The van der Waals surface area contributed by atoms with E-state index in [2.05, 4.69) is 76.0 Å². The number of nitrogens with one attached hydrogen (secondary N) is 8. The Kier molecular flexibility index (Phi) is 16.8. The van der Waals surface area contributed by atoms with Crippen LogP contribution in [-0.4, -0.2) is 145 Å². The first-order valence-electron chi connectivity index (χ1n) is 31.6. The summed E-state index contributed by atoms with van der Waals surface area (Å²) in [6, 6.07) is 2.49. The molecule has 8 saturated heterocycles. The molecular weight excluding hydrogens is 865 g/mol. The lowest BCUT2D eigenvalue weighted by atomic mass is 9.44. The van der Waals surface area contributed by atoms with Crippen LogP contribution >= 0.6 is 0 Å². The first kappa shape index (κ1) is 50.3. The molecule has 8 N–H and O–H groups in total. The SMILES string of the molecule is CC1CCC(N(C2CCCCN2)C2CC(N(C3CCCCN3)C3CCCCN3)C3CCC4C5C(CCC2C35)C(N(C2CCCCN2)C2CCCCN2)CC4N(C2CCCCN2)C2CCC(C)CN2)NC1. The lowest BCUT2D eigenvalue weighted by Crippen LogP contribution is -2.75. The summed E-state index contributed by atoms with van der Waals surface area (Å²) < 4.78 is 0. The Hall–Kier alpha value is -0.480. The molecule has 0 radical (unpaired) electrons. The summed E-state index contributed by atoms with van der Waals surface area (Å²) in [6.45, 7) is 14.5. The molecule has 12 fully saturated rings. The highest BCUT2D eigenvalue weighted by Gasteiger charge is 2.64. The van der Waals surface area contributed by atoms with Gasteiger partial charge in [0.2, 0.25) is 0 Å². The molecule has 12 nitrogen and oxygen atoms in total. The number of piperidine rings is 8. The molecular formula is C58H106N12. The number of hydrogen-bond donors (Lipinski definition) is 8. The van der Waals surface area contributed by atoms with Crippen molar-refractivity contribution in [1.29, 1.82) is 0 Å². The van der Waals surface area contributed by atoms with Gasteiger partial charge in [0, 0.05) is 24.2 Å². The molecule has 0 aromatic carbocycles. The predicted octanol–water partition coefficient (Wildman–Crippen LogP) is 7.05. The zero-order chi connectivity index (χ0) is 47.0. The summed E-state index contributed by atoms with van der Waals surface area (Å²) in [6.07, 6.45) is 42.1. The van der Waals surface area contributed by atoms with Crippen molar-refractivity contribution >= 4 is 0 Å². The fourth-order valence-electron chi connectivity index (χ4n) is 19.4. The first-order chi connectivity index (χ1) is 34.6. The summed E-state index contributed by atoms with van der Waals surface area (Å²) >= 11 is 0. The summed E-state index contributed by atoms with van der Waals surface area (Å²) in [4.78, 5) is 13.0. The van der Waals surface area contributed by atoms with Crippen molar-refractivity contribution in [3.63, 3.8) is 0 Å². The van der Waals surface area contributed by atoms with Gasteiger partial charge in [-0.1, -0.05) is 13.8 Å². The molecule has 0 bridgehead atoms. The lowest BCUT2D eigenvalue weighted by Gasteiger charge is -2.69. The van der Waals surface area contributed by atoms with E-state index in [4.69, 9.17) is 0 Å². The van der Waals surface area contributed by atoms with Crippen LogP contribution in [0.5, 0.6) is 0 Å². The monoisotopic (exact) mass is 971 g/mol. The standard InChI is InChI=1S/C58H106N12/c1-39-21-27-55(65-37-39)69(53-19-7-13-33-63-53)47-35-45(67(49-15-3-9-29-59-49)50-16-4-10-30-60-50)41-24-26-44-48(70(54-20-8-14-34-64-54)56-28-22-40(2)38-66-56)36-46(42-23-25-43(47)57(41)58(42)44)68(51-17-5-11-31-61-51)52-18-6-12-32-62-52/h39-66H,3-38H2,1-2H3. The van der Waals surface area contributed by atoms with Gasteiger partial charge in [0.1, 0.15) is 0 Å². The van der Waals surface area contributed by atoms with E-state index in [1.807, 2.05) is 0 Å². The summed E-state index contributed by atoms with van der Waals surface area (Å²) in [7, 11) is 0. The third-order valence-corrected chi connectivity index (χ3v) is 22.4. The van der Waals surface area contributed by atoms with E-state index in [0.717, 1.165) is 47.3 Å². The Morgan fingerprint density at radius 3 is 0.700 bits per heavy atom. The van der Waals surface area contributed by atoms with Gasteiger partial charge in [-0.15, -0.1) is 0 Å². The van der Waals surface area contributed by atoms with Crippen molar-refractivity contribution < 1.29 is 0 Å². The lowest BCUT2D eigenvalue weighted by molar-refractivity contribution is -0.201. The van der Waals surface area contributed by atoms with Crippen molar-refractivity contribution in [3.05, 3.63) is 0 Å². The molecule has 20 atom stereocenters. The molecule has 12 heteroatoms. The van der Waals surface area contributed by atoms with Gasteiger partial charge in [-0.05, 0) is 279 Å². The van der Waals surface area contributed by atoms with Crippen LogP contribution in [0.4, 0.5) is 0 Å². The average Bonchev–Trinajstić information content (AvgIpc) is 3.42. The van der Waals surface area contributed by atoms with Gasteiger partial charge < -0.3 is 42.5 Å². The van der Waals surface area contributed by atoms with Gasteiger partial charge in [0.15, 0.2) is 0 Å². The maximum atomic E-state index is 4.32. The van der Waals surface area contributed by atoms with E-state index >= 15 is 0 Å². The van der Waals surface area contributed by atoms with Crippen molar-refractivity contribution in [2.24, 2.45) is 47.3 Å². The molecule has 20 unspecified atom stereocenters. The quantitative estimate of drug-likeness (QED) is 0.103. The van der Waals surface area contributed by atoms with Crippen molar-refractivity contribution in [2.45, 2.75) is 267 Å². The van der Waals surface area contributed by atoms with Gasteiger partial charge in [0.25, 0.3) is 0 Å². The van der Waals surface area contributed by atoms with E-state index in [0.29, 0.717) is 73.5 Å². The maximum absolute atomic E-state index is 4.32. The Balaban J connectivity index is 0.995. The molecule has 0 aromatic heterocycles. The normalized spacial score (nSPS) is 47.6. The molecule has 0 aromatic rings. The molecule has 70 heavy (non-hydrogen) atoms. The largest absolute Gasteiger partial charge is 0.302 e. The van der Waals surface area contributed by atoms with E-state index in [1.54, 1.807) is 0 Å². The van der Waals surface area contributed by atoms with Gasteiger partial charge >= 0.3 is 0 Å². The Morgan fingerprint density at radius 1 is 0.257 bits per heavy atom. The van der Waals surface area contributed by atoms with E-state index < -0.39 is 0 Å². The molecule has 8 heterocycles. The van der Waals surface area contributed by atoms with Crippen molar-refractivity contribution in [3.8, 4) is 0 Å². The van der Waals surface area contributed by atoms with Crippen LogP contribution in [0.1, 0.15) is 194 Å². The minimum atomic E-state index is 0.491. The van der Waals surface area contributed by atoms with E-state index in [-0.39, 0.29) is 0 Å². The second-order valence-corrected chi connectivity index (χ2v) is 26.5. The second kappa shape index (κ2) is 23.4. The highest BCUT2D eigenvalue weighted by atomic mass is 15.4. The third-order valence-electron chi connectivity index (χ3n) is 22.4. The zero-order valence-electron chi connectivity index (χ0n) is 44.8. The number of nitrogens with zero attached hydrogens (tertiary/aromatic N) is 4. The Labute approximate surface area is 427 Å². The molecule has 398 valence electrons. The third kappa shape index (κ3) is 10.4. The number of hydrogen-bond acceptors (Lipinski definition) is 12. The smallest absolute Gasteiger partial charge is 0.0613 e. The minimum Gasteiger partial charge on any atom is -0.302 e. The van der Waals surface area contributed by atoms with Crippen LogP contribution in [0.2, 0.25) is 0 Å². The molecule has 12 aliphatic rings. The van der Waals surface area contributed by atoms with Crippen LogP contribution in [0.15, 0.2) is 0 Å². The topological polar surface area (TPSA) is 109 Å². The van der Waals surface area contributed by atoms with Gasteiger partial charge in [-0.3, -0.25) is 19.6 Å². The minimum absolute atomic E-state index is 0.491. The van der Waals surface area contributed by atoms with Crippen LogP contribution in [0.25, 0.3) is 0 Å². The Bertz CT molecular complexity index is 1430. The van der Waals surface area contributed by atoms with Gasteiger partial charge in [0.05, 0.1) is 49.3 Å². The highest BCUT2D eigenvalue weighted by Crippen LogP contribution is 2.63. The van der Waals surface area contributed by atoms with Crippen LogP contribution < -0.4 is 42.5 Å². The second-order valence-electron chi connectivity index (χ2n) is 26.5. The molecule has 4 saturated carbocycles. The fourth-order valence-corrected chi connectivity index (χ4v) is 19.4. The maximum Gasteiger partial charge on any atom is 0.0613 e. The van der Waals surface area contributed by atoms with Crippen LogP contribution in [0.3, 0.4) is 0 Å². The predicted molar refractivity (Wildman–Crippen MR) is 285 cm³/mol. The molecule has 8 aliphatic heterocycles. The molecule has 12 rings (SSSR count). The molecule has 0 spiro atoms. The molecule has 0 amide bonds.